The number of nitrogens with zero attached hydrogens (tertiary/aromatic N) is 6. The number of benzene rings is 4. The summed E-state index contributed by atoms with van der Waals surface area (Å²) in [6, 6.07) is 23.6. The van der Waals surface area contributed by atoms with Gasteiger partial charge in [-0.25, -0.2) is 4.39 Å². The molecule has 2 aromatic heterocycles. The summed E-state index contributed by atoms with van der Waals surface area (Å²) < 4.78 is 35.1. The van der Waals surface area contributed by atoms with Crippen molar-refractivity contribution in [3.8, 4) is 69.3 Å². The van der Waals surface area contributed by atoms with Crippen molar-refractivity contribution in [2.24, 2.45) is 5.92 Å². The molecule has 0 aliphatic heterocycles. The lowest BCUT2D eigenvalue weighted by atomic mass is 10.1. The van der Waals surface area contributed by atoms with E-state index in [2.05, 4.69) is 31.7 Å². The molecule has 16 heteroatoms. The maximum atomic E-state index is 13.2. The van der Waals surface area contributed by atoms with E-state index in [1.807, 2.05) is 39.8 Å². The van der Waals surface area contributed by atoms with Gasteiger partial charge in [-0.2, -0.15) is 20.5 Å². The molecule has 0 spiro atoms. The predicted octanol–water partition coefficient (Wildman–Crippen LogP) is 10.2. The minimum absolute atomic E-state index is 0.000687. The molecular weight excluding hydrogens is 788 g/mol. The van der Waals surface area contributed by atoms with E-state index in [9.17, 15) is 19.6 Å². The lowest BCUT2D eigenvalue weighted by Gasteiger charge is -2.14. The number of rotatable bonds is 11. The largest absolute Gasteiger partial charge is 0.489 e. The third-order valence-corrected chi connectivity index (χ3v) is 9.40. The van der Waals surface area contributed by atoms with Crippen LogP contribution in [0.5, 0.6) is 11.5 Å². The Hall–Kier alpha value is -6.48. The Labute approximate surface area is 342 Å². The SMILES string of the molecule is CC(C)Oc1ccc(-c2noc(-c3ccc(F)cc3C#N)n2)cc1Cl.CC(C)Oc1ccc(-c2noc(-c3ccc(N[C@H]4CC[C@@H](C(=O)O)C4)cc3C#N)n2)cc1Cl. The van der Waals surface area contributed by atoms with Gasteiger partial charge in [0.1, 0.15) is 29.5 Å². The number of carboxylic acid groups (broad SMARTS) is 1. The number of hydrogen-bond donors (Lipinski definition) is 2. The van der Waals surface area contributed by atoms with E-state index in [1.54, 1.807) is 48.5 Å². The van der Waals surface area contributed by atoms with Gasteiger partial charge in [-0.1, -0.05) is 33.5 Å². The summed E-state index contributed by atoms with van der Waals surface area (Å²) >= 11 is 12.5. The predicted molar refractivity (Wildman–Crippen MR) is 214 cm³/mol. The third-order valence-electron chi connectivity index (χ3n) is 8.81. The van der Waals surface area contributed by atoms with Gasteiger partial charge in [0.15, 0.2) is 0 Å². The molecule has 1 aliphatic carbocycles. The van der Waals surface area contributed by atoms with Crippen LogP contribution in [0.4, 0.5) is 10.1 Å². The normalized spacial score (nSPS) is 14.7. The molecule has 0 unspecified atom stereocenters. The molecule has 2 heterocycles. The highest BCUT2D eigenvalue weighted by atomic mass is 35.5. The summed E-state index contributed by atoms with van der Waals surface area (Å²) in [4.78, 5) is 19.9. The molecule has 1 aliphatic rings. The van der Waals surface area contributed by atoms with Gasteiger partial charge in [0.25, 0.3) is 11.8 Å². The van der Waals surface area contributed by atoms with E-state index in [0.29, 0.717) is 73.9 Å². The third kappa shape index (κ3) is 9.90. The Bertz CT molecular complexity index is 2530. The number of aromatic nitrogens is 4. The van der Waals surface area contributed by atoms with Crippen LogP contribution in [0.1, 0.15) is 58.1 Å². The van der Waals surface area contributed by atoms with Crippen molar-refractivity contribution in [2.75, 3.05) is 5.32 Å². The maximum Gasteiger partial charge on any atom is 0.306 e. The van der Waals surface area contributed by atoms with E-state index in [0.717, 1.165) is 18.2 Å². The van der Waals surface area contributed by atoms with Crippen molar-refractivity contribution in [1.82, 2.24) is 20.3 Å². The lowest BCUT2D eigenvalue weighted by molar-refractivity contribution is -0.141. The summed E-state index contributed by atoms with van der Waals surface area (Å²) in [5.41, 5.74) is 3.43. The second-order valence-electron chi connectivity index (χ2n) is 13.8. The second kappa shape index (κ2) is 18.2. The van der Waals surface area contributed by atoms with Gasteiger partial charge in [-0.15, -0.1) is 0 Å². The first-order valence-corrected chi connectivity index (χ1v) is 18.9. The number of hydrogen-bond acceptors (Lipinski definition) is 12. The first kappa shape index (κ1) is 41.2. The quantitative estimate of drug-likeness (QED) is 0.125. The second-order valence-corrected chi connectivity index (χ2v) is 14.6. The average Bonchev–Trinajstić information content (AvgIpc) is 3.99. The Kier molecular flexibility index (Phi) is 12.9. The molecule has 13 nitrogen and oxygen atoms in total. The molecule has 0 saturated heterocycles. The first-order chi connectivity index (χ1) is 27.8. The fourth-order valence-corrected chi connectivity index (χ4v) is 6.61. The topological polar surface area (TPSA) is 193 Å². The highest BCUT2D eigenvalue weighted by molar-refractivity contribution is 6.32. The average molecular weight is 825 g/mol. The number of carbonyl (C=O) groups is 1. The molecule has 7 rings (SSSR count). The molecular formula is C42H36Cl2FN7O6. The molecule has 2 N–H and O–H groups in total. The van der Waals surface area contributed by atoms with Crippen LogP contribution in [-0.4, -0.2) is 49.6 Å². The number of nitrogens with one attached hydrogen (secondary N) is 1. The Balaban J connectivity index is 0.000000203. The molecule has 1 fully saturated rings. The van der Waals surface area contributed by atoms with E-state index in [1.165, 1.54) is 12.1 Å². The van der Waals surface area contributed by atoms with E-state index in [4.69, 9.17) is 47.0 Å². The zero-order valence-electron chi connectivity index (χ0n) is 31.7. The summed E-state index contributed by atoms with van der Waals surface area (Å²) in [6.07, 6.45) is 1.99. The Morgan fingerprint density at radius 2 is 1.31 bits per heavy atom. The van der Waals surface area contributed by atoms with Crippen LogP contribution in [0.25, 0.3) is 45.7 Å². The number of carboxylic acids is 1. The highest BCUT2D eigenvalue weighted by Gasteiger charge is 2.30. The summed E-state index contributed by atoms with van der Waals surface area (Å²) in [7, 11) is 0. The smallest absolute Gasteiger partial charge is 0.306 e. The van der Waals surface area contributed by atoms with Crippen molar-refractivity contribution in [3.63, 3.8) is 0 Å². The van der Waals surface area contributed by atoms with E-state index in [-0.39, 0.29) is 41.5 Å². The van der Waals surface area contributed by atoms with Gasteiger partial charge >= 0.3 is 5.97 Å². The molecule has 2 atom stereocenters. The Morgan fingerprint density at radius 3 is 1.78 bits per heavy atom. The van der Waals surface area contributed by atoms with Crippen LogP contribution in [0.2, 0.25) is 10.0 Å². The van der Waals surface area contributed by atoms with Crippen molar-refractivity contribution in [2.45, 2.75) is 65.2 Å². The molecule has 0 amide bonds. The Morgan fingerprint density at radius 1 is 0.793 bits per heavy atom. The molecule has 1 saturated carbocycles. The lowest BCUT2D eigenvalue weighted by Crippen LogP contribution is -2.17. The van der Waals surface area contributed by atoms with Crippen LogP contribution in [-0.2, 0) is 4.79 Å². The summed E-state index contributed by atoms with van der Waals surface area (Å²) in [6.45, 7) is 7.66. The van der Waals surface area contributed by atoms with Gasteiger partial charge in [-0.05, 0) is 120 Å². The van der Waals surface area contributed by atoms with Crippen LogP contribution < -0.4 is 14.8 Å². The van der Waals surface area contributed by atoms with Crippen molar-refractivity contribution < 1.29 is 32.8 Å². The van der Waals surface area contributed by atoms with Gasteiger partial charge in [-0.3, -0.25) is 4.79 Å². The van der Waals surface area contributed by atoms with Crippen LogP contribution >= 0.6 is 23.2 Å². The minimum atomic E-state index is -0.761. The molecule has 0 radical (unpaired) electrons. The number of ether oxygens (including phenoxy) is 2. The molecule has 296 valence electrons. The van der Waals surface area contributed by atoms with E-state index >= 15 is 0 Å². The standard InChI is InChI=1S/C24H23ClN4O4.C18H13ClFN3O2/c1-13(2)32-21-8-4-14(11-20(21)25)22-28-23(33-29-22)19-7-6-18(10-16(19)12-26)27-17-5-3-15(9-17)24(30)31;1-10(2)24-16-6-3-11(8-15(16)19)17-22-18(25-23-17)14-5-4-13(20)7-12(14)9-21/h4,6-8,10-11,13,15,17,27H,3,5,9H2,1-2H3,(H,30,31);3-8,10H,1-2H3/t15-,17+;/m1./s1. The summed E-state index contributed by atoms with van der Waals surface area (Å²) in [5, 5.41) is 40.1. The van der Waals surface area contributed by atoms with Crippen LogP contribution in [0.15, 0.2) is 81.8 Å². The van der Waals surface area contributed by atoms with Crippen LogP contribution in [0, 0.1) is 34.4 Å². The maximum absolute atomic E-state index is 13.2. The van der Waals surface area contributed by atoms with Crippen molar-refractivity contribution in [1.29, 1.82) is 10.5 Å². The molecule has 58 heavy (non-hydrogen) atoms. The van der Waals surface area contributed by atoms with Crippen molar-refractivity contribution in [3.05, 3.63) is 99.8 Å². The van der Waals surface area contributed by atoms with Gasteiger partial charge < -0.3 is 28.9 Å². The number of anilines is 1. The van der Waals surface area contributed by atoms with Gasteiger partial charge in [0.2, 0.25) is 11.6 Å². The fraction of sp³-hybridized carbons (Fsp3) is 0.262. The van der Waals surface area contributed by atoms with Crippen molar-refractivity contribution >= 4 is 34.9 Å². The molecule has 6 aromatic rings. The minimum Gasteiger partial charge on any atom is -0.489 e. The highest BCUT2D eigenvalue weighted by Crippen LogP contribution is 2.34. The molecule has 0 bridgehead atoms. The number of halogens is 3. The monoisotopic (exact) mass is 823 g/mol. The zero-order valence-corrected chi connectivity index (χ0v) is 33.2. The van der Waals surface area contributed by atoms with Gasteiger partial charge in [0, 0.05) is 22.9 Å². The zero-order chi connectivity index (χ0) is 41.5. The summed E-state index contributed by atoms with van der Waals surface area (Å²) in [5.74, 6) is 0.550. The van der Waals surface area contributed by atoms with Crippen LogP contribution in [0.3, 0.4) is 0 Å². The van der Waals surface area contributed by atoms with E-state index < -0.39 is 11.8 Å². The van der Waals surface area contributed by atoms with Gasteiger partial charge in [0.05, 0.1) is 50.4 Å². The molecule has 4 aromatic carbocycles. The first-order valence-electron chi connectivity index (χ1n) is 18.2. The number of aliphatic carboxylic acids is 1. The number of nitriles is 2. The fourth-order valence-electron chi connectivity index (χ4n) is 6.16.